The summed E-state index contributed by atoms with van der Waals surface area (Å²) < 4.78 is 0. The molecule has 3 heterocycles. The fourth-order valence-corrected chi connectivity index (χ4v) is 3.87. The van der Waals surface area contributed by atoms with Crippen LogP contribution in [0, 0.1) is 6.92 Å². The standard InChI is InChI=1S/C17H20N6OS/c1-12-20-21-16(25-12)11-23-8-6-22(7-9-23)10-15-18-14-5-3-2-4-13(14)17(24)19-15/h2-5H,6-11H2,1H3,(H,18,19,24). The molecule has 0 aliphatic carbocycles. The van der Waals surface area contributed by atoms with Crippen LogP contribution in [0.4, 0.5) is 0 Å². The van der Waals surface area contributed by atoms with E-state index in [0.717, 1.165) is 54.1 Å². The van der Waals surface area contributed by atoms with Gasteiger partial charge >= 0.3 is 0 Å². The highest BCUT2D eigenvalue weighted by molar-refractivity contribution is 7.11. The summed E-state index contributed by atoms with van der Waals surface area (Å²) in [5.74, 6) is 0.733. The second-order valence-corrected chi connectivity index (χ2v) is 7.56. The first kappa shape index (κ1) is 16.3. The fraction of sp³-hybridized carbons (Fsp3) is 0.412. The van der Waals surface area contributed by atoms with Gasteiger partial charge in [-0.3, -0.25) is 14.6 Å². The van der Waals surface area contributed by atoms with Crippen LogP contribution >= 0.6 is 11.3 Å². The largest absolute Gasteiger partial charge is 0.309 e. The van der Waals surface area contributed by atoms with E-state index >= 15 is 0 Å². The first-order chi connectivity index (χ1) is 12.2. The first-order valence-corrected chi connectivity index (χ1v) is 9.21. The third-order valence-electron chi connectivity index (χ3n) is 4.43. The van der Waals surface area contributed by atoms with Crippen LogP contribution < -0.4 is 5.56 Å². The molecule has 7 nitrogen and oxygen atoms in total. The van der Waals surface area contributed by atoms with E-state index in [-0.39, 0.29) is 5.56 Å². The molecule has 8 heteroatoms. The Kier molecular flexibility index (Phi) is 4.56. The van der Waals surface area contributed by atoms with Gasteiger partial charge in [-0.15, -0.1) is 21.5 Å². The molecule has 1 saturated heterocycles. The van der Waals surface area contributed by atoms with Crippen LogP contribution in [0.25, 0.3) is 10.9 Å². The number of rotatable bonds is 4. The van der Waals surface area contributed by atoms with Gasteiger partial charge in [0.05, 0.1) is 24.0 Å². The monoisotopic (exact) mass is 356 g/mol. The van der Waals surface area contributed by atoms with Crippen molar-refractivity contribution in [2.24, 2.45) is 0 Å². The van der Waals surface area contributed by atoms with E-state index in [1.807, 2.05) is 25.1 Å². The van der Waals surface area contributed by atoms with Crippen molar-refractivity contribution in [3.8, 4) is 0 Å². The summed E-state index contributed by atoms with van der Waals surface area (Å²) in [6.07, 6.45) is 0. The Hall–Kier alpha value is -2.16. The number of aromatic amines is 1. The van der Waals surface area contributed by atoms with Crippen molar-refractivity contribution in [1.82, 2.24) is 30.0 Å². The average molecular weight is 356 g/mol. The second-order valence-electron chi connectivity index (χ2n) is 6.30. The van der Waals surface area contributed by atoms with E-state index in [4.69, 9.17) is 0 Å². The number of H-pyrrole nitrogens is 1. The van der Waals surface area contributed by atoms with Gasteiger partial charge in [-0.25, -0.2) is 4.98 Å². The Morgan fingerprint density at radius 3 is 2.52 bits per heavy atom. The van der Waals surface area contributed by atoms with Crippen LogP contribution in [0.2, 0.25) is 0 Å². The molecule has 1 aliphatic heterocycles. The van der Waals surface area contributed by atoms with Crippen molar-refractivity contribution >= 4 is 22.2 Å². The van der Waals surface area contributed by atoms with Crippen LogP contribution in [0.15, 0.2) is 29.1 Å². The van der Waals surface area contributed by atoms with Crippen LogP contribution in [-0.2, 0) is 13.1 Å². The number of nitrogens with one attached hydrogen (secondary N) is 1. The van der Waals surface area contributed by atoms with Gasteiger partial charge in [0.25, 0.3) is 5.56 Å². The molecule has 1 aliphatic rings. The Morgan fingerprint density at radius 2 is 1.80 bits per heavy atom. The third kappa shape index (κ3) is 3.76. The summed E-state index contributed by atoms with van der Waals surface area (Å²) in [4.78, 5) is 24.4. The molecule has 1 fully saturated rings. The maximum Gasteiger partial charge on any atom is 0.258 e. The quantitative estimate of drug-likeness (QED) is 0.761. The van der Waals surface area contributed by atoms with Crippen molar-refractivity contribution in [2.75, 3.05) is 26.2 Å². The lowest BCUT2D eigenvalue weighted by Crippen LogP contribution is -2.45. The zero-order valence-electron chi connectivity index (χ0n) is 14.1. The maximum absolute atomic E-state index is 12.2. The molecule has 0 bridgehead atoms. The number of nitrogens with zero attached hydrogens (tertiary/aromatic N) is 5. The molecule has 0 spiro atoms. The highest BCUT2D eigenvalue weighted by Gasteiger charge is 2.19. The summed E-state index contributed by atoms with van der Waals surface area (Å²) in [7, 11) is 0. The Bertz CT molecular complexity index is 928. The summed E-state index contributed by atoms with van der Waals surface area (Å²) in [5.41, 5.74) is 0.692. The number of piperazine rings is 1. The fourth-order valence-electron chi connectivity index (χ4n) is 3.12. The van der Waals surface area contributed by atoms with Gasteiger partial charge in [0, 0.05) is 26.2 Å². The van der Waals surface area contributed by atoms with Crippen molar-refractivity contribution in [1.29, 1.82) is 0 Å². The van der Waals surface area contributed by atoms with Crippen molar-refractivity contribution in [3.63, 3.8) is 0 Å². The minimum Gasteiger partial charge on any atom is -0.309 e. The molecule has 0 saturated carbocycles. The highest BCUT2D eigenvalue weighted by atomic mass is 32.1. The summed E-state index contributed by atoms with van der Waals surface area (Å²) in [5, 5.41) is 11.0. The number of aryl methyl sites for hydroxylation is 1. The molecule has 2 aromatic heterocycles. The van der Waals surface area contributed by atoms with E-state index in [1.54, 1.807) is 17.4 Å². The summed E-state index contributed by atoms with van der Waals surface area (Å²) >= 11 is 1.66. The lowest BCUT2D eigenvalue weighted by atomic mass is 10.2. The van der Waals surface area contributed by atoms with E-state index < -0.39 is 0 Å². The van der Waals surface area contributed by atoms with Gasteiger partial charge in [-0.2, -0.15) is 0 Å². The molecular formula is C17H20N6OS. The summed E-state index contributed by atoms with van der Waals surface area (Å²) in [6.45, 7) is 7.39. The van der Waals surface area contributed by atoms with E-state index in [2.05, 4.69) is 30.0 Å². The van der Waals surface area contributed by atoms with Gasteiger partial charge in [0.1, 0.15) is 15.8 Å². The number of para-hydroxylation sites is 1. The Morgan fingerprint density at radius 1 is 1.08 bits per heavy atom. The second kappa shape index (κ2) is 6.99. The number of benzene rings is 1. The van der Waals surface area contributed by atoms with Crippen molar-refractivity contribution < 1.29 is 0 Å². The smallest absolute Gasteiger partial charge is 0.258 e. The normalized spacial score (nSPS) is 16.5. The highest BCUT2D eigenvalue weighted by Crippen LogP contribution is 2.14. The minimum absolute atomic E-state index is 0.0640. The zero-order valence-corrected chi connectivity index (χ0v) is 14.9. The zero-order chi connectivity index (χ0) is 17.2. The van der Waals surface area contributed by atoms with Crippen LogP contribution in [0.1, 0.15) is 15.8 Å². The van der Waals surface area contributed by atoms with Gasteiger partial charge in [-0.1, -0.05) is 12.1 Å². The summed E-state index contributed by atoms with van der Waals surface area (Å²) in [6, 6.07) is 7.46. The van der Waals surface area contributed by atoms with Gasteiger partial charge < -0.3 is 4.98 Å². The van der Waals surface area contributed by atoms with E-state index in [1.165, 1.54) is 0 Å². The molecule has 1 N–H and O–H groups in total. The molecule has 25 heavy (non-hydrogen) atoms. The van der Waals surface area contributed by atoms with Crippen molar-refractivity contribution in [2.45, 2.75) is 20.0 Å². The van der Waals surface area contributed by atoms with Crippen LogP contribution in [0.5, 0.6) is 0 Å². The predicted octanol–water partition coefficient (Wildman–Crippen LogP) is 1.40. The number of fused-ring (bicyclic) bond motifs is 1. The van der Waals surface area contributed by atoms with Gasteiger partial charge in [0.2, 0.25) is 0 Å². The molecule has 0 amide bonds. The maximum atomic E-state index is 12.2. The van der Waals surface area contributed by atoms with E-state index in [9.17, 15) is 4.79 Å². The van der Waals surface area contributed by atoms with Crippen molar-refractivity contribution in [3.05, 3.63) is 50.5 Å². The lowest BCUT2D eigenvalue weighted by Gasteiger charge is -2.33. The average Bonchev–Trinajstić information content (AvgIpc) is 3.02. The first-order valence-electron chi connectivity index (χ1n) is 8.39. The van der Waals surface area contributed by atoms with Crippen LogP contribution in [-0.4, -0.2) is 56.1 Å². The topological polar surface area (TPSA) is 78.0 Å². The van der Waals surface area contributed by atoms with Gasteiger partial charge in [-0.05, 0) is 19.1 Å². The molecular weight excluding hydrogens is 336 g/mol. The van der Waals surface area contributed by atoms with Crippen LogP contribution in [0.3, 0.4) is 0 Å². The number of hydrogen-bond acceptors (Lipinski definition) is 7. The molecule has 1 aromatic carbocycles. The molecule has 130 valence electrons. The predicted molar refractivity (Wildman–Crippen MR) is 97.6 cm³/mol. The molecule has 3 aromatic rings. The van der Waals surface area contributed by atoms with Gasteiger partial charge in [0.15, 0.2) is 0 Å². The van der Waals surface area contributed by atoms with E-state index in [0.29, 0.717) is 11.9 Å². The molecule has 0 unspecified atom stereocenters. The molecule has 0 radical (unpaired) electrons. The molecule has 0 atom stereocenters. The SMILES string of the molecule is Cc1nnc(CN2CCN(Cc3nc4ccccc4c(=O)[nH]3)CC2)s1. The third-order valence-corrected chi connectivity index (χ3v) is 5.25. The Balaban J connectivity index is 1.38. The molecule has 4 rings (SSSR count). The lowest BCUT2D eigenvalue weighted by molar-refractivity contribution is 0.119. The minimum atomic E-state index is -0.0640. The Labute approximate surface area is 149 Å². The number of hydrogen-bond donors (Lipinski definition) is 1. The number of aromatic nitrogens is 4.